The summed E-state index contributed by atoms with van der Waals surface area (Å²) in [6.45, 7) is 6.56. The molecule has 138 valence electrons. The molecule has 0 aliphatic rings. The van der Waals surface area contributed by atoms with Crippen LogP contribution in [0.15, 0.2) is 54.7 Å². The lowest BCUT2D eigenvalue weighted by molar-refractivity contribution is -0.116. The molecule has 0 saturated carbocycles. The van der Waals surface area contributed by atoms with E-state index in [4.69, 9.17) is 0 Å². The van der Waals surface area contributed by atoms with E-state index in [1.807, 2.05) is 36.5 Å². The molecule has 2 aromatic heterocycles. The summed E-state index contributed by atoms with van der Waals surface area (Å²) < 4.78 is 0. The van der Waals surface area contributed by atoms with E-state index in [-0.39, 0.29) is 11.3 Å². The van der Waals surface area contributed by atoms with Gasteiger partial charge in [0.1, 0.15) is 0 Å². The van der Waals surface area contributed by atoms with Gasteiger partial charge in [-0.15, -0.1) is 0 Å². The first-order valence-corrected chi connectivity index (χ1v) is 9.38. The number of nitrogens with one attached hydrogen (secondary N) is 3. The summed E-state index contributed by atoms with van der Waals surface area (Å²) in [7, 11) is 0. The molecular weight excluding hydrogens is 334 g/mol. The Kier molecular flexibility index (Phi) is 4.27. The van der Waals surface area contributed by atoms with Gasteiger partial charge in [0.2, 0.25) is 5.91 Å². The molecule has 27 heavy (non-hydrogen) atoms. The smallest absolute Gasteiger partial charge is 0.224 e. The number of benzene rings is 2. The number of aromatic amines is 2. The average molecular weight is 359 g/mol. The van der Waals surface area contributed by atoms with Crippen molar-refractivity contribution in [1.29, 1.82) is 0 Å². The Hall–Kier alpha value is -3.01. The number of hydrogen-bond donors (Lipinski definition) is 3. The Morgan fingerprint density at radius 3 is 2.67 bits per heavy atom. The summed E-state index contributed by atoms with van der Waals surface area (Å²) in [6.07, 6.45) is 3.18. The van der Waals surface area contributed by atoms with E-state index in [1.54, 1.807) is 0 Å². The molecule has 2 aromatic carbocycles. The standard InChI is InChI=1S/C23H25N3O/c1-23(2,3)21-13-16-12-17(9-10-19(16)26-21)25-22(27)11-8-15-14-24-20-7-5-4-6-18(15)20/h4-7,9-10,12-14,24,26H,8,11H2,1-3H3,(H,25,27). The summed E-state index contributed by atoms with van der Waals surface area (Å²) in [4.78, 5) is 19.1. The van der Waals surface area contributed by atoms with Crippen LogP contribution >= 0.6 is 0 Å². The fraction of sp³-hybridized carbons (Fsp3) is 0.261. The Bertz CT molecular complexity index is 1110. The number of carbonyl (C=O) groups excluding carboxylic acids is 1. The van der Waals surface area contributed by atoms with Crippen molar-refractivity contribution in [3.8, 4) is 0 Å². The zero-order valence-electron chi connectivity index (χ0n) is 16.0. The van der Waals surface area contributed by atoms with Crippen molar-refractivity contribution < 1.29 is 4.79 Å². The molecule has 0 saturated heterocycles. The number of amides is 1. The van der Waals surface area contributed by atoms with Crippen LogP contribution in [0.3, 0.4) is 0 Å². The number of rotatable bonds is 4. The van der Waals surface area contributed by atoms with Crippen molar-refractivity contribution in [2.75, 3.05) is 5.32 Å². The molecule has 4 nitrogen and oxygen atoms in total. The van der Waals surface area contributed by atoms with Crippen molar-refractivity contribution in [3.05, 3.63) is 66.0 Å². The number of hydrogen-bond acceptors (Lipinski definition) is 1. The highest BCUT2D eigenvalue weighted by Crippen LogP contribution is 2.27. The topological polar surface area (TPSA) is 60.7 Å². The quantitative estimate of drug-likeness (QED) is 0.441. The van der Waals surface area contributed by atoms with Crippen LogP contribution in [0.2, 0.25) is 0 Å². The molecule has 1 amide bonds. The van der Waals surface area contributed by atoms with Gasteiger partial charge in [-0.25, -0.2) is 0 Å². The summed E-state index contributed by atoms with van der Waals surface area (Å²) in [6, 6.07) is 16.4. The minimum absolute atomic E-state index is 0.0335. The van der Waals surface area contributed by atoms with Gasteiger partial charge in [-0.3, -0.25) is 4.79 Å². The minimum Gasteiger partial charge on any atom is -0.361 e. The number of carbonyl (C=O) groups is 1. The van der Waals surface area contributed by atoms with E-state index in [9.17, 15) is 4.79 Å². The SMILES string of the molecule is CC(C)(C)c1cc2cc(NC(=O)CCc3c[nH]c4ccccc34)ccc2[nH]1. The highest BCUT2D eigenvalue weighted by Gasteiger charge is 2.16. The summed E-state index contributed by atoms with van der Waals surface area (Å²) in [5.74, 6) is 0.0335. The van der Waals surface area contributed by atoms with Crippen molar-refractivity contribution in [1.82, 2.24) is 9.97 Å². The predicted molar refractivity (Wildman–Crippen MR) is 112 cm³/mol. The maximum Gasteiger partial charge on any atom is 0.224 e. The molecule has 0 aliphatic carbocycles. The Morgan fingerprint density at radius 2 is 1.85 bits per heavy atom. The Balaban J connectivity index is 1.44. The summed E-state index contributed by atoms with van der Waals surface area (Å²) in [5, 5.41) is 5.34. The third kappa shape index (κ3) is 3.61. The van der Waals surface area contributed by atoms with E-state index in [0.29, 0.717) is 6.42 Å². The summed E-state index contributed by atoms with van der Waals surface area (Å²) in [5.41, 5.74) is 5.49. The first kappa shape index (κ1) is 17.4. The molecule has 0 bridgehead atoms. The molecule has 3 N–H and O–H groups in total. The van der Waals surface area contributed by atoms with E-state index in [2.05, 4.69) is 54.3 Å². The van der Waals surface area contributed by atoms with Gasteiger partial charge >= 0.3 is 0 Å². The first-order chi connectivity index (χ1) is 12.9. The second-order valence-corrected chi connectivity index (χ2v) is 8.14. The van der Waals surface area contributed by atoms with Crippen LogP contribution in [0, 0.1) is 0 Å². The lowest BCUT2D eigenvalue weighted by atomic mass is 9.92. The van der Waals surface area contributed by atoms with Gasteiger partial charge in [-0.05, 0) is 42.3 Å². The fourth-order valence-corrected chi connectivity index (χ4v) is 3.42. The molecule has 0 aliphatic heterocycles. The molecule has 4 aromatic rings. The van der Waals surface area contributed by atoms with Gasteiger partial charge in [0, 0.05) is 51.2 Å². The zero-order valence-corrected chi connectivity index (χ0v) is 16.0. The molecule has 0 spiro atoms. The molecule has 4 rings (SSSR count). The number of para-hydroxylation sites is 1. The predicted octanol–water partition coefficient (Wildman–Crippen LogP) is 5.52. The summed E-state index contributed by atoms with van der Waals surface area (Å²) >= 11 is 0. The van der Waals surface area contributed by atoms with Gasteiger partial charge in [0.25, 0.3) is 0 Å². The van der Waals surface area contributed by atoms with E-state index >= 15 is 0 Å². The van der Waals surface area contributed by atoms with Crippen LogP contribution in [-0.4, -0.2) is 15.9 Å². The van der Waals surface area contributed by atoms with Gasteiger partial charge in [0.05, 0.1) is 0 Å². The third-order valence-corrected chi connectivity index (χ3v) is 5.01. The van der Waals surface area contributed by atoms with Crippen LogP contribution in [0.1, 0.15) is 38.4 Å². The molecule has 0 atom stereocenters. The average Bonchev–Trinajstić information content (AvgIpc) is 3.23. The Labute approximate surface area is 159 Å². The third-order valence-electron chi connectivity index (χ3n) is 5.01. The van der Waals surface area contributed by atoms with Gasteiger partial charge in [-0.2, -0.15) is 0 Å². The van der Waals surface area contributed by atoms with E-state index < -0.39 is 0 Å². The van der Waals surface area contributed by atoms with Gasteiger partial charge in [0.15, 0.2) is 0 Å². The number of fused-ring (bicyclic) bond motifs is 2. The Morgan fingerprint density at radius 1 is 1.04 bits per heavy atom. The number of anilines is 1. The van der Waals surface area contributed by atoms with Crippen molar-refractivity contribution in [2.45, 2.75) is 39.0 Å². The molecule has 0 fully saturated rings. The molecule has 0 unspecified atom stereocenters. The van der Waals surface area contributed by atoms with Crippen molar-refractivity contribution >= 4 is 33.4 Å². The highest BCUT2D eigenvalue weighted by atomic mass is 16.1. The number of aromatic nitrogens is 2. The van der Waals surface area contributed by atoms with Crippen LogP contribution < -0.4 is 5.32 Å². The highest BCUT2D eigenvalue weighted by molar-refractivity contribution is 5.94. The second kappa shape index (κ2) is 6.62. The molecule has 2 heterocycles. The lowest BCUT2D eigenvalue weighted by Gasteiger charge is -2.15. The molecule has 4 heteroatoms. The van der Waals surface area contributed by atoms with Crippen molar-refractivity contribution in [3.63, 3.8) is 0 Å². The normalized spacial score (nSPS) is 12.0. The van der Waals surface area contributed by atoms with Crippen molar-refractivity contribution in [2.24, 2.45) is 0 Å². The van der Waals surface area contributed by atoms with Crippen LogP contribution in [0.5, 0.6) is 0 Å². The monoisotopic (exact) mass is 359 g/mol. The van der Waals surface area contributed by atoms with Crippen LogP contribution in [0.4, 0.5) is 5.69 Å². The first-order valence-electron chi connectivity index (χ1n) is 9.38. The molecular formula is C23H25N3O. The lowest BCUT2D eigenvalue weighted by Crippen LogP contribution is -2.12. The minimum atomic E-state index is 0.0335. The number of H-pyrrole nitrogens is 2. The van der Waals surface area contributed by atoms with Crippen LogP contribution in [0.25, 0.3) is 21.8 Å². The van der Waals surface area contributed by atoms with Crippen LogP contribution in [-0.2, 0) is 16.6 Å². The maximum atomic E-state index is 12.4. The fourth-order valence-electron chi connectivity index (χ4n) is 3.42. The second-order valence-electron chi connectivity index (χ2n) is 8.14. The maximum absolute atomic E-state index is 12.4. The van der Waals surface area contributed by atoms with Gasteiger partial charge in [-0.1, -0.05) is 39.0 Å². The molecule has 0 radical (unpaired) electrons. The van der Waals surface area contributed by atoms with E-state index in [0.717, 1.165) is 28.5 Å². The van der Waals surface area contributed by atoms with E-state index in [1.165, 1.54) is 16.6 Å². The number of aryl methyl sites for hydroxylation is 1. The zero-order chi connectivity index (χ0) is 19.0. The largest absolute Gasteiger partial charge is 0.361 e. The van der Waals surface area contributed by atoms with Gasteiger partial charge < -0.3 is 15.3 Å².